The van der Waals surface area contributed by atoms with Crippen molar-refractivity contribution >= 4 is 29.4 Å². The summed E-state index contributed by atoms with van der Waals surface area (Å²) in [7, 11) is 5.82. The number of aromatic nitrogens is 6. The van der Waals surface area contributed by atoms with Crippen LogP contribution in [0.3, 0.4) is 0 Å². The van der Waals surface area contributed by atoms with E-state index >= 15 is 0 Å². The molecule has 0 unspecified atom stereocenters. The Morgan fingerprint density at radius 2 is 1.97 bits per heavy atom. The number of fused-ring (bicyclic) bond motifs is 1. The molecule has 4 aromatic rings. The van der Waals surface area contributed by atoms with Crippen LogP contribution in [0.15, 0.2) is 42.7 Å². The number of aldehydes is 1. The van der Waals surface area contributed by atoms with Crippen molar-refractivity contribution in [2.75, 3.05) is 24.3 Å². The molecule has 0 saturated heterocycles. The van der Waals surface area contributed by atoms with Crippen LogP contribution in [-0.4, -0.2) is 49.7 Å². The third-order valence-electron chi connectivity index (χ3n) is 4.67. The van der Waals surface area contributed by atoms with Crippen molar-refractivity contribution in [2.24, 2.45) is 7.05 Å². The first-order valence-electron chi connectivity index (χ1n) is 9.27. The second-order valence-corrected chi connectivity index (χ2v) is 6.91. The lowest BCUT2D eigenvalue weighted by atomic mass is 10.1. The highest BCUT2D eigenvalue weighted by atomic mass is 16.1. The highest BCUT2D eigenvalue weighted by Crippen LogP contribution is 2.28. The van der Waals surface area contributed by atoms with Crippen LogP contribution in [0.1, 0.15) is 12.2 Å². The number of pyridine rings is 2. The Labute approximate surface area is 168 Å². The van der Waals surface area contributed by atoms with Gasteiger partial charge in [-0.25, -0.2) is 4.98 Å². The second-order valence-electron chi connectivity index (χ2n) is 6.91. The molecule has 9 heteroatoms. The summed E-state index contributed by atoms with van der Waals surface area (Å²) >= 11 is 0. The van der Waals surface area contributed by atoms with E-state index in [4.69, 9.17) is 0 Å². The zero-order chi connectivity index (χ0) is 20.4. The molecule has 0 aliphatic carbocycles. The first-order chi connectivity index (χ1) is 14.1. The van der Waals surface area contributed by atoms with Gasteiger partial charge in [0.1, 0.15) is 29.6 Å². The van der Waals surface area contributed by atoms with Crippen LogP contribution < -0.4 is 10.2 Å². The Morgan fingerprint density at radius 1 is 1.10 bits per heavy atom. The van der Waals surface area contributed by atoms with Crippen molar-refractivity contribution in [2.45, 2.75) is 12.8 Å². The van der Waals surface area contributed by atoms with Gasteiger partial charge in [-0.15, -0.1) is 10.2 Å². The zero-order valence-electron chi connectivity index (χ0n) is 16.6. The van der Waals surface area contributed by atoms with Crippen molar-refractivity contribution in [1.82, 2.24) is 29.4 Å². The van der Waals surface area contributed by atoms with E-state index in [9.17, 15) is 4.79 Å². The monoisotopic (exact) mass is 390 g/mol. The van der Waals surface area contributed by atoms with Gasteiger partial charge in [-0.05, 0) is 35.4 Å². The summed E-state index contributed by atoms with van der Waals surface area (Å²) in [5.41, 5.74) is 2.75. The Bertz CT molecular complexity index is 1160. The maximum atomic E-state index is 10.8. The van der Waals surface area contributed by atoms with Gasteiger partial charge in [-0.2, -0.15) is 5.10 Å². The SMILES string of the molecule is CN(C)c1cc(-c2ccnc(Nc3ccnn3C)c2)cc2nnc(CCC=O)n12. The molecule has 4 aromatic heterocycles. The quantitative estimate of drug-likeness (QED) is 0.485. The van der Waals surface area contributed by atoms with E-state index in [0.29, 0.717) is 12.8 Å². The van der Waals surface area contributed by atoms with Gasteiger partial charge in [0.05, 0.1) is 6.20 Å². The molecule has 0 spiro atoms. The van der Waals surface area contributed by atoms with E-state index in [1.807, 2.05) is 54.7 Å². The number of rotatable bonds is 7. The summed E-state index contributed by atoms with van der Waals surface area (Å²) in [5.74, 6) is 3.30. The molecular formula is C20H22N8O. The Balaban J connectivity index is 1.75. The minimum atomic E-state index is 0.419. The van der Waals surface area contributed by atoms with Gasteiger partial charge < -0.3 is 15.0 Å². The van der Waals surface area contributed by atoms with E-state index in [1.54, 1.807) is 17.1 Å². The molecule has 9 nitrogen and oxygen atoms in total. The van der Waals surface area contributed by atoms with Gasteiger partial charge in [-0.1, -0.05) is 0 Å². The number of nitrogens with one attached hydrogen (secondary N) is 1. The van der Waals surface area contributed by atoms with Crippen LogP contribution >= 0.6 is 0 Å². The van der Waals surface area contributed by atoms with E-state index in [2.05, 4.69) is 31.7 Å². The van der Waals surface area contributed by atoms with Gasteiger partial charge in [-0.3, -0.25) is 9.08 Å². The van der Waals surface area contributed by atoms with Crippen molar-refractivity contribution in [3.8, 4) is 11.1 Å². The maximum Gasteiger partial charge on any atom is 0.163 e. The number of carbonyl (C=O) groups excluding carboxylic acids is 1. The fourth-order valence-electron chi connectivity index (χ4n) is 3.21. The summed E-state index contributed by atoms with van der Waals surface area (Å²) < 4.78 is 3.74. The molecule has 1 N–H and O–H groups in total. The smallest absolute Gasteiger partial charge is 0.163 e. The number of hydrogen-bond donors (Lipinski definition) is 1. The molecule has 0 bridgehead atoms. The van der Waals surface area contributed by atoms with Gasteiger partial charge in [0.2, 0.25) is 0 Å². The van der Waals surface area contributed by atoms with Crippen molar-refractivity contribution in [1.29, 1.82) is 0 Å². The fourth-order valence-corrected chi connectivity index (χ4v) is 3.21. The molecule has 0 saturated carbocycles. The number of anilines is 3. The largest absolute Gasteiger partial charge is 0.364 e. The van der Waals surface area contributed by atoms with Crippen LogP contribution in [0.25, 0.3) is 16.8 Å². The van der Waals surface area contributed by atoms with Crippen LogP contribution in [0, 0.1) is 0 Å². The highest BCUT2D eigenvalue weighted by Gasteiger charge is 2.14. The predicted molar refractivity (Wildman–Crippen MR) is 111 cm³/mol. The molecule has 0 aromatic carbocycles. The van der Waals surface area contributed by atoms with Crippen LogP contribution in [-0.2, 0) is 18.3 Å². The highest BCUT2D eigenvalue weighted by molar-refractivity contribution is 5.74. The van der Waals surface area contributed by atoms with Gasteiger partial charge in [0.25, 0.3) is 0 Å². The minimum absolute atomic E-state index is 0.419. The molecule has 0 fully saturated rings. The maximum absolute atomic E-state index is 10.8. The van der Waals surface area contributed by atoms with Gasteiger partial charge >= 0.3 is 0 Å². The van der Waals surface area contributed by atoms with Crippen molar-refractivity contribution < 1.29 is 4.79 Å². The van der Waals surface area contributed by atoms with Gasteiger partial charge in [0, 0.05) is 46.2 Å². The number of aryl methyl sites for hydroxylation is 2. The Kier molecular flexibility index (Phi) is 4.94. The summed E-state index contributed by atoms with van der Waals surface area (Å²) in [6.07, 6.45) is 5.38. The average Bonchev–Trinajstić information content (AvgIpc) is 3.31. The Hall–Kier alpha value is -3.75. The predicted octanol–water partition coefficient (Wildman–Crippen LogP) is 2.47. The molecule has 29 heavy (non-hydrogen) atoms. The van der Waals surface area contributed by atoms with E-state index in [-0.39, 0.29) is 0 Å². The lowest BCUT2D eigenvalue weighted by molar-refractivity contribution is -0.107. The van der Waals surface area contributed by atoms with E-state index in [0.717, 1.165) is 46.3 Å². The molecule has 0 amide bonds. The van der Waals surface area contributed by atoms with Crippen LogP contribution in [0.2, 0.25) is 0 Å². The second kappa shape index (κ2) is 7.70. The molecular weight excluding hydrogens is 368 g/mol. The number of hydrogen-bond acceptors (Lipinski definition) is 7. The lowest BCUT2D eigenvalue weighted by Gasteiger charge is -2.17. The first kappa shape index (κ1) is 18.6. The standard InChI is InChI=1S/C20H22N8O/c1-26(2)20-13-15(12-19-25-24-18(28(19)20)5-4-10-29)14-6-8-21-16(11-14)23-17-7-9-22-27(17)3/h6-13H,4-5H2,1-3H3,(H,21,23). The minimum Gasteiger partial charge on any atom is -0.364 e. The average molecular weight is 390 g/mol. The molecule has 4 heterocycles. The normalized spacial score (nSPS) is 11.0. The summed E-state index contributed by atoms with van der Waals surface area (Å²) in [6, 6.07) is 9.92. The Morgan fingerprint density at radius 3 is 2.69 bits per heavy atom. The summed E-state index contributed by atoms with van der Waals surface area (Å²) in [5, 5.41) is 16.0. The first-order valence-corrected chi connectivity index (χ1v) is 9.27. The topological polar surface area (TPSA) is 93.2 Å². The molecule has 0 radical (unpaired) electrons. The lowest BCUT2D eigenvalue weighted by Crippen LogP contribution is -2.14. The number of carbonyl (C=O) groups is 1. The molecule has 0 aliphatic rings. The number of nitrogens with zero attached hydrogens (tertiary/aromatic N) is 7. The third-order valence-corrected chi connectivity index (χ3v) is 4.67. The van der Waals surface area contributed by atoms with E-state index in [1.165, 1.54) is 0 Å². The summed E-state index contributed by atoms with van der Waals surface area (Å²) in [4.78, 5) is 17.2. The zero-order valence-corrected chi connectivity index (χ0v) is 16.6. The van der Waals surface area contributed by atoms with Crippen molar-refractivity contribution in [3.63, 3.8) is 0 Å². The third kappa shape index (κ3) is 3.66. The van der Waals surface area contributed by atoms with Crippen LogP contribution in [0.4, 0.5) is 17.5 Å². The summed E-state index contributed by atoms with van der Waals surface area (Å²) in [6.45, 7) is 0. The molecule has 4 rings (SSSR count). The van der Waals surface area contributed by atoms with E-state index < -0.39 is 0 Å². The molecule has 0 atom stereocenters. The molecule has 0 aliphatic heterocycles. The molecule has 148 valence electrons. The van der Waals surface area contributed by atoms with Crippen molar-refractivity contribution in [3.05, 3.63) is 48.5 Å². The fraction of sp³-hybridized carbons (Fsp3) is 0.250. The van der Waals surface area contributed by atoms with Gasteiger partial charge in [0.15, 0.2) is 5.65 Å². The van der Waals surface area contributed by atoms with Crippen LogP contribution in [0.5, 0.6) is 0 Å².